The molecule has 0 aliphatic rings. The van der Waals surface area contributed by atoms with E-state index in [1.165, 1.54) is 0 Å². The Balaban J connectivity index is 2.79. The minimum Gasteiger partial charge on any atom is -0.611 e. The van der Waals surface area contributed by atoms with Crippen molar-refractivity contribution in [2.75, 3.05) is 5.75 Å². The first-order valence-corrected chi connectivity index (χ1v) is 6.36. The molecule has 1 unspecified atom stereocenters. The quantitative estimate of drug-likeness (QED) is 0.747. The van der Waals surface area contributed by atoms with Gasteiger partial charge in [-0.15, -0.1) is 0 Å². The van der Waals surface area contributed by atoms with E-state index in [0.29, 0.717) is 20.7 Å². The summed E-state index contributed by atoms with van der Waals surface area (Å²) in [5.74, 6) is 0.587. The second kappa shape index (κ2) is 5.86. The second-order valence-corrected chi connectivity index (χ2v) is 5.13. The third kappa shape index (κ3) is 3.06. The molecule has 14 heavy (non-hydrogen) atoms. The topological polar surface area (TPSA) is 23.1 Å². The van der Waals surface area contributed by atoms with Gasteiger partial charge in [0.2, 0.25) is 0 Å². The van der Waals surface area contributed by atoms with Gasteiger partial charge in [-0.1, -0.05) is 36.2 Å². The number of benzene rings is 1. The van der Waals surface area contributed by atoms with E-state index >= 15 is 0 Å². The van der Waals surface area contributed by atoms with Gasteiger partial charge >= 0.3 is 0 Å². The summed E-state index contributed by atoms with van der Waals surface area (Å²) in [5, 5.41) is 0.851. The Hall–Kier alpha value is 0.110. The molecule has 1 rings (SSSR count). The van der Waals surface area contributed by atoms with Crippen molar-refractivity contribution in [3.8, 4) is 0 Å². The van der Waals surface area contributed by atoms with Gasteiger partial charge < -0.3 is 4.55 Å². The summed E-state index contributed by atoms with van der Waals surface area (Å²) in [7, 11) is 0. The van der Waals surface area contributed by atoms with Gasteiger partial charge in [0.15, 0.2) is 4.90 Å². The molecule has 1 nitrogen and oxygen atoms in total. The van der Waals surface area contributed by atoms with Crippen molar-refractivity contribution < 1.29 is 4.55 Å². The Bertz CT molecular complexity index is 304. The van der Waals surface area contributed by atoms with E-state index in [4.69, 9.17) is 23.2 Å². The van der Waals surface area contributed by atoms with Crippen LogP contribution >= 0.6 is 23.2 Å². The molecule has 0 N–H and O–H groups in total. The van der Waals surface area contributed by atoms with Gasteiger partial charge in [-0.05, 0) is 36.2 Å². The van der Waals surface area contributed by atoms with Gasteiger partial charge in [-0.3, -0.25) is 0 Å². The first kappa shape index (κ1) is 12.2. The Morgan fingerprint density at radius 1 is 1.36 bits per heavy atom. The number of rotatable bonds is 4. The zero-order valence-electron chi connectivity index (χ0n) is 7.63. The molecule has 0 aliphatic carbocycles. The standard InChI is InChI=1S/C10H11Cl2OS/c1-2-3-7-14(13)9-6-4-5-8(11)10(9)12/h4-6H,1-3,7H2. The molecule has 0 fully saturated rings. The van der Waals surface area contributed by atoms with E-state index in [9.17, 15) is 4.55 Å². The summed E-state index contributed by atoms with van der Waals surface area (Å²) < 4.78 is 11.7. The maximum Gasteiger partial charge on any atom is 0.172 e. The molecule has 0 saturated carbocycles. The molecule has 0 bridgehead atoms. The molecule has 0 aromatic heterocycles. The van der Waals surface area contributed by atoms with Crippen LogP contribution in [0.5, 0.6) is 0 Å². The molecule has 1 radical (unpaired) electrons. The largest absolute Gasteiger partial charge is 0.611 e. The third-order valence-corrected chi connectivity index (χ3v) is 4.16. The van der Waals surface area contributed by atoms with Gasteiger partial charge in [0.25, 0.3) is 0 Å². The molecule has 0 aliphatic heterocycles. The smallest absolute Gasteiger partial charge is 0.172 e. The number of halogens is 2. The Morgan fingerprint density at radius 2 is 2.07 bits per heavy atom. The van der Waals surface area contributed by atoms with Crippen LogP contribution in [-0.2, 0) is 11.2 Å². The van der Waals surface area contributed by atoms with Crippen LogP contribution in [0.2, 0.25) is 10.0 Å². The van der Waals surface area contributed by atoms with E-state index in [1.807, 2.05) is 0 Å². The number of hydrogen-bond acceptors (Lipinski definition) is 1. The van der Waals surface area contributed by atoms with Crippen molar-refractivity contribution in [2.24, 2.45) is 0 Å². The first-order valence-electron chi connectivity index (χ1n) is 4.28. The summed E-state index contributed by atoms with van der Waals surface area (Å²) >= 11 is 10.7. The normalized spacial score (nSPS) is 12.9. The summed E-state index contributed by atoms with van der Waals surface area (Å²) in [6, 6.07) is 5.19. The highest BCUT2D eigenvalue weighted by Gasteiger charge is 2.16. The van der Waals surface area contributed by atoms with Crippen molar-refractivity contribution in [1.82, 2.24) is 0 Å². The Kier molecular flexibility index (Phi) is 5.10. The minimum atomic E-state index is -1.06. The van der Waals surface area contributed by atoms with Gasteiger partial charge in [0.05, 0.1) is 5.02 Å². The second-order valence-electron chi connectivity index (χ2n) is 2.81. The van der Waals surface area contributed by atoms with E-state index in [1.54, 1.807) is 18.2 Å². The van der Waals surface area contributed by atoms with Crippen LogP contribution < -0.4 is 0 Å². The maximum atomic E-state index is 11.7. The van der Waals surface area contributed by atoms with Crippen molar-refractivity contribution in [1.29, 1.82) is 0 Å². The highest BCUT2D eigenvalue weighted by atomic mass is 35.5. The first-order chi connectivity index (χ1) is 6.66. The predicted octanol–water partition coefficient (Wildman–Crippen LogP) is 3.72. The van der Waals surface area contributed by atoms with Crippen LogP contribution in [0.25, 0.3) is 0 Å². The zero-order valence-corrected chi connectivity index (χ0v) is 9.96. The van der Waals surface area contributed by atoms with Crippen LogP contribution in [0.1, 0.15) is 12.8 Å². The lowest BCUT2D eigenvalue weighted by Gasteiger charge is -2.11. The van der Waals surface area contributed by atoms with Crippen LogP contribution in [0, 0.1) is 6.92 Å². The monoisotopic (exact) mass is 249 g/mol. The van der Waals surface area contributed by atoms with Crippen molar-refractivity contribution in [3.05, 3.63) is 35.2 Å². The van der Waals surface area contributed by atoms with Crippen molar-refractivity contribution in [3.63, 3.8) is 0 Å². The van der Waals surface area contributed by atoms with Crippen LogP contribution in [0.3, 0.4) is 0 Å². The average molecular weight is 250 g/mol. The predicted molar refractivity (Wildman–Crippen MR) is 62.3 cm³/mol. The van der Waals surface area contributed by atoms with Gasteiger partial charge in [-0.25, -0.2) is 0 Å². The third-order valence-electron chi connectivity index (χ3n) is 1.74. The summed E-state index contributed by atoms with van der Waals surface area (Å²) in [4.78, 5) is 0.618. The van der Waals surface area contributed by atoms with Crippen LogP contribution in [-0.4, -0.2) is 10.3 Å². The van der Waals surface area contributed by atoms with E-state index in [0.717, 1.165) is 12.8 Å². The number of hydrogen-bond donors (Lipinski definition) is 0. The number of unbranched alkanes of at least 4 members (excludes halogenated alkanes) is 1. The molecule has 0 saturated heterocycles. The molecule has 0 heterocycles. The highest BCUT2D eigenvalue weighted by Crippen LogP contribution is 2.29. The molecule has 4 heteroatoms. The maximum absolute atomic E-state index is 11.7. The minimum absolute atomic E-state index is 0.400. The van der Waals surface area contributed by atoms with Crippen molar-refractivity contribution >= 4 is 34.4 Å². The van der Waals surface area contributed by atoms with E-state index in [2.05, 4.69) is 6.92 Å². The fourth-order valence-corrected chi connectivity index (χ4v) is 2.84. The lowest BCUT2D eigenvalue weighted by Crippen LogP contribution is -2.07. The molecule has 77 valence electrons. The fraction of sp³-hybridized carbons (Fsp3) is 0.300. The SMILES string of the molecule is [CH2]CCC[S+]([O-])c1cccc(Cl)c1Cl. The van der Waals surface area contributed by atoms with Gasteiger partial charge in [0, 0.05) is 0 Å². The summed E-state index contributed by atoms with van der Waals surface area (Å²) in [6.07, 6.45) is 1.61. The summed E-state index contributed by atoms with van der Waals surface area (Å²) in [6.45, 7) is 3.70. The van der Waals surface area contributed by atoms with Crippen LogP contribution in [0.4, 0.5) is 0 Å². The lowest BCUT2D eigenvalue weighted by atomic mass is 10.4. The Labute approximate surface area is 97.6 Å². The molecular formula is C10H11Cl2OS. The van der Waals surface area contributed by atoms with Crippen molar-refractivity contribution in [2.45, 2.75) is 17.7 Å². The van der Waals surface area contributed by atoms with Gasteiger partial charge in [-0.2, -0.15) is 0 Å². The fourth-order valence-electron chi connectivity index (χ4n) is 1.00. The molecule has 0 amide bonds. The Morgan fingerprint density at radius 3 is 2.71 bits per heavy atom. The van der Waals surface area contributed by atoms with Gasteiger partial charge in [0.1, 0.15) is 10.8 Å². The lowest BCUT2D eigenvalue weighted by molar-refractivity contribution is 0.592. The van der Waals surface area contributed by atoms with E-state index < -0.39 is 11.2 Å². The zero-order chi connectivity index (χ0) is 10.6. The molecule has 1 aromatic rings. The highest BCUT2D eigenvalue weighted by molar-refractivity contribution is 7.91. The molecule has 1 atom stereocenters. The molecule has 1 aromatic carbocycles. The summed E-state index contributed by atoms with van der Waals surface area (Å²) in [5.41, 5.74) is 0. The van der Waals surface area contributed by atoms with Crippen LogP contribution in [0.15, 0.2) is 23.1 Å². The average Bonchev–Trinajstić information content (AvgIpc) is 2.18. The van der Waals surface area contributed by atoms with E-state index in [-0.39, 0.29) is 0 Å². The molecular weight excluding hydrogens is 239 g/mol. The molecule has 0 spiro atoms.